The van der Waals surface area contributed by atoms with Gasteiger partial charge >= 0.3 is 0 Å². The van der Waals surface area contributed by atoms with Crippen molar-refractivity contribution in [1.82, 2.24) is 10.6 Å². The minimum absolute atomic E-state index is 0.184. The van der Waals surface area contributed by atoms with E-state index in [1.165, 1.54) is 0 Å². The van der Waals surface area contributed by atoms with Crippen molar-refractivity contribution in [3.8, 4) is 5.75 Å². The Morgan fingerprint density at radius 3 is 2.59 bits per heavy atom. The maximum Gasteiger partial charge on any atom is 0.255 e. The van der Waals surface area contributed by atoms with Gasteiger partial charge in [0, 0.05) is 5.02 Å². The zero-order valence-corrected chi connectivity index (χ0v) is 10.7. The molecule has 0 radical (unpaired) electrons. The molecule has 17 heavy (non-hydrogen) atoms. The Morgan fingerprint density at radius 1 is 1.41 bits per heavy atom. The second kappa shape index (κ2) is 4.50. The van der Waals surface area contributed by atoms with Crippen LogP contribution in [-0.4, -0.2) is 23.2 Å². The number of hydrogen-bond acceptors (Lipinski definition) is 3. The second-order valence-corrected chi connectivity index (χ2v) is 4.83. The molecule has 0 spiro atoms. The number of halogens is 1. The van der Waals surface area contributed by atoms with Crippen molar-refractivity contribution in [1.29, 1.82) is 0 Å². The van der Waals surface area contributed by atoms with Gasteiger partial charge in [0.2, 0.25) is 0 Å². The molecule has 1 heterocycles. The average molecular weight is 271 g/mol. The minimum atomic E-state index is -0.823. The van der Waals surface area contributed by atoms with Crippen LogP contribution in [0.1, 0.15) is 6.92 Å². The molecule has 4 nitrogen and oxygen atoms in total. The van der Waals surface area contributed by atoms with E-state index in [0.717, 1.165) is 0 Å². The highest BCUT2D eigenvalue weighted by molar-refractivity contribution is 7.80. The van der Waals surface area contributed by atoms with Crippen LogP contribution in [0.25, 0.3) is 0 Å². The maximum absolute atomic E-state index is 11.6. The van der Waals surface area contributed by atoms with Crippen molar-refractivity contribution in [3.05, 3.63) is 29.3 Å². The number of carbonyl (C=O) groups excluding carboxylic acids is 1. The smallest absolute Gasteiger partial charge is 0.255 e. The summed E-state index contributed by atoms with van der Waals surface area (Å²) in [5, 5.41) is 6.39. The third kappa shape index (κ3) is 2.68. The molecule has 6 heteroatoms. The first-order valence-corrected chi connectivity index (χ1v) is 5.80. The van der Waals surface area contributed by atoms with E-state index in [1.54, 1.807) is 31.2 Å². The molecule has 1 fully saturated rings. The first-order chi connectivity index (χ1) is 7.99. The Labute approximate surface area is 109 Å². The highest BCUT2D eigenvalue weighted by atomic mass is 35.5. The molecule has 1 aliphatic heterocycles. The summed E-state index contributed by atoms with van der Waals surface area (Å²) in [6, 6.07) is 6.95. The number of amides is 1. The lowest BCUT2D eigenvalue weighted by molar-refractivity contribution is -0.124. The summed E-state index contributed by atoms with van der Waals surface area (Å²) in [4.78, 5) is 11.6. The first-order valence-electron chi connectivity index (χ1n) is 5.01. The van der Waals surface area contributed by atoms with Gasteiger partial charge in [-0.15, -0.1) is 0 Å². The molecule has 1 aromatic carbocycles. The molecule has 90 valence electrons. The zero-order valence-electron chi connectivity index (χ0n) is 9.12. The number of benzene rings is 1. The molecule has 0 saturated carbocycles. The number of rotatable bonds is 3. The molecular weight excluding hydrogens is 260 g/mol. The Kier molecular flexibility index (Phi) is 3.22. The van der Waals surface area contributed by atoms with Crippen molar-refractivity contribution in [2.75, 3.05) is 6.61 Å². The van der Waals surface area contributed by atoms with E-state index in [-0.39, 0.29) is 12.5 Å². The molecule has 0 aromatic heterocycles. The van der Waals surface area contributed by atoms with E-state index in [0.29, 0.717) is 15.9 Å². The van der Waals surface area contributed by atoms with Gasteiger partial charge in [-0.3, -0.25) is 4.79 Å². The average Bonchev–Trinajstić information content (AvgIpc) is 2.52. The Morgan fingerprint density at radius 2 is 2.06 bits per heavy atom. The Bertz CT molecular complexity index is 463. The van der Waals surface area contributed by atoms with Crippen LogP contribution in [-0.2, 0) is 4.79 Å². The van der Waals surface area contributed by atoms with Gasteiger partial charge in [-0.05, 0) is 43.4 Å². The van der Waals surface area contributed by atoms with Gasteiger partial charge in [0.1, 0.15) is 12.4 Å². The van der Waals surface area contributed by atoms with Crippen molar-refractivity contribution < 1.29 is 9.53 Å². The van der Waals surface area contributed by atoms with Gasteiger partial charge in [0.05, 0.1) is 0 Å². The molecule has 1 atom stereocenters. The summed E-state index contributed by atoms with van der Waals surface area (Å²) >= 11 is 10.6. The van der Waals surface area contributed by atoms with Gasteiger partial charge in [-0.25, -0.2) is 0 Å². The largest absolute Gasteiger partial charge is 0.491 e. The van der Waals surface area contributed by atoms with E-state index in [4.69, 9.17) is 28.6 Å². The van der Waals surface area contributed by atoms with E-state index in [2.05, 4.69) is 10.6 Å². The molecule has 1 saturated heterocycles. The maximum atomic E-state index is 11.6. The molecule has 1 aliphatic rings. The highest BCUT2D eigenvalue weighted by Crippen LogP contribution is 2.18. The van der Waals surface area contributed by atoms with Crippen molar-refractivity contribution in [3.63, 3.8) is 0 Å². The standard InChI is InChI=1S/C11H11ClN2O2S/c1-11(9(15)13-10(17)14-11)6-16-8-4-2-7(12)3-5-8/h2-5H,6H2,1H3,(H2,13,14,15,17). The number of thiocarbonyl (C=S) groups is 1. The lowest BCUT2D eigenvalue weighted by Gasteiger charge is -2.21. The number of hydrogen-bond donors (Lipinski definition) is 2. The summed E-state index contributed by atoms with van der Waals surface area (Å²) in [5.41, 5.74) is -0.823. The van der Waals surface area contributed by atoms with Crippen LogP contribution < -0.4 is 15.4 Å². The highest BCUT2D eigenvalue weighted by Gasteiger charge is 2.40. The second-order valence-electron chi connectivity index (χ2n) is 3.98. The van der Waals surface area contributed by atoms with Crippen LogP contribution in [0, 0.1) is 0 Å². The fraction of sp³-hybridized carbons (Fsp3) is 0.273. The van der Waals surface area contributed by atoms with E-state index in [1.807, 2.05) is 0 Å². The van der Waals surface area contributed by atoms with Gasteiger partial charge in [0.25, 0.3) is 5.91 Å². The summed E-state index contributed by atoms with van der Waals surface area (Å²) < 4.78 is 5.53. The molecular formula is C11H11ClN2O2S. The predicted molar refractivity (Wildman–Crippen MR) is 69.2 cm³/mol. The molecule has 1 aromatic rings. The number of ether oxygens (including phenoxy) is 1. The number of nitrogens with one attached hydrogen (secondary N) is 2. The van der Waals surface area contributed by atoms with Gasteiger partial charge in [0.15, 0.2) is 10.7 Å². The lowest BCUT2D eigenvalue weighted by Crippen LogP contribution is -2.48. The zero-order chi connectivity index (χ0) is 12.5. The summed E-state index contributed by atoms with van der Waals surface area (Å²) in [5.74, 6) is 0.472. The minimum Gasteiger partial charge on any atom is -0.491 e. The van der Waals surface area contributed by atoms with E-state index >= 15 is 0 Å². The Hall–Kier alpha value is -1.33. The van der Waals surface area contributed by atoms with Crippen LogP contribution in [0.3, 0.4) is 0 Å². The van der Waals surface area contributed by atoms with Crippen LogP contribution in [0.15, 0.2) is 24.3 Å². The first kappa shape index (κ1) is 12.1. The third-order valence-corrected chi connectivity index (χ3v) is 2.91. The van der Waals surface area contributed by atoms with Crippen LogP contribution in [0.5, 0.6) is 5.75 Å². The molecule has 2 rings (SSSR count). The van der Waals surface area contributed by atoms with Gasteiger partial charge in [-0.2, -0.15) is 0 Å². The molecule has 1 unspecified atom stereocenters. The van der Waals surface area contributed by atoms with Gasteiger partial charge < -0.3 is 15.4 Å². The summed E-state index contributed by atoms with van der Waals surface area (Å²) in [6.07, 6.45) is 0. The van der Waals surface area contributed by atoms with Crippen LogP contribution in [0.2, 0.25) is 5.02 Å². The normalized spacial score (nSPS) is 23.2. The van der Waals surface area contributed by atoms with E-state index in [9.17, 15) is 4.79 Å². The fourth-order valence-corrected chi connectivity index (χ4v) is 1.88. The molecule has 0 bridgehead atoms. The topological polar surface area (TPSA) is 50.4 Å². The van der Waals surface area contributed by atoms with Crippen molar-refractivity contribution >= 4 is 34.8 Å². The fourth-order valence-electron chi connectivity index (χ4n) is 1.44. The number of carbonyl (C=O) groups is 1. The SMILES string of the molecule is CC1(COc2ccc(Cl)cc2)NC(=S)NC1=O. The predicted octanol–water partition coefficient (Wildman–Crippen LogP) is 1.48. The Balaban J connectivity index is 2.00. The third-order valence-electron chi connectivity index (χ3n) is 2.46. The molecule has 2 N–H and O–H groups in total. The summed E-state index contributed by atoms with van der Waals surface area (Å²) in [6.45, 7) is 1.93. The lowest BCUT2D eigenvalue weighted by atomic mass is 10.1. The van der Waals surface area contributed by atoms with Gasteiger partial charge in [-0.1, -0.05) is 11.6 Å². The quantitative estimate of drug-likeness (QED) is 0.817. The molecule has 1 amide bonds. The van der Waals surface area contributed by atoms with E-state index < -0.39 is 5.54 Å². The molecule has 0 aliphatic carbocycles. The van der Waals surface area contributed by atoms with Crippen molar-refractivity contribution in [2.24, 2.45) is 0 Å². The van der Waals surface area contributed by atoms with Crippen LogP contribution >= 0.6 is 23.8 Å². The van der Waals surface area contributed by atoms with Crippen molar-refractivity contribution in [2.45, 2.75) is 12.5 Å². The monoisotopic (exact) mass is 270 g/mol. The van der Waals surface area contributed by atoms with Crippen LogP contribution in [0.4, 0.5) is 0 Å². The summed E-state index contributed by atoms with van der Waals surface area (Å²) in [7, 11) is 0.